The Balaban J connectivity index is 3.18. The molecule has 0 aliphatic heterocycles. The van der Waals surface area contributed by atoms with Gasteiger partial charge in [0.25, 0.3) is 0 Å². The second-order valence-electron chi connectivity index (χ2n) is 3.74. The monoisotopic (exact) mass is 268 g/mol. The molecule has 0 amide bonds. The number of aliphatic carboxylic acids is 1. The minimum Gasteiger partial charge on any atom is -0.480 e. The van der Waals surface area contributed by atoms with Crippen molar-refractivity contribution < 1.29 is 18.3 Å². The standard InChI is InChI=1S/C11H12N2O4S/c1-7-4-3-5-10(9(7)6-12)13-18(16,17)8(2)11(14)15/h3-5,8,13H,1-2H3,(H,14,15). The minimum absolute atomic E-state index is 0.0885. The second-order valence-corrected chi connectivity index (χ2v) is 5.74. The molecule has 0 radical (unpaired) electrons. The molecule has 0 aliphatic carbocycles. The van der Waals surface area contributed by atoms with Crippen molar-refractivity contribution in [3.05, 3.63) is 29.3 Å². The number of hydrogen-bond acceptors (Lipinski definition) is 4. The van der Waals surface area contributed by atoms with Crippen molar-refractivity contribution in [2.24, 2.45) is 0 Å². The SMILES string of the molecule is Cc1cccc(NS(=O)(=O)C(C)C(=O)O)c1C#N. The Morgan fingerprint density at radius 2 is 2.11 bits per heavy atom. The molecule has 1 atom stereocenters. The van der Waals surface area contributed by atoms with Crippen molar-refractivity contribution in [3.63, 3.8) is 0 Å². The Bertz CT molecular complexity index is 616. The Morgan fingerprint density at radius 3 is 2.61 bits per heavy atom. The maximum atomic E-state index is 11.7. The lowest BCUT2D eigenvalue weighted by Gasteiger charge is -2.13. The van der Waals surface area contributed by atoms with Crippen LogP contribution in [-0.4, -0.2) is 24.7 Å². The summed E-state index contributed by atoms with van der Waals surface area (Å²) in [5.41, 5.74) is 0.880. The zero-order chi connectivity index (χ0) is 13.9. The largest absolute Gasteiger partial charge is 0.480 e. The number of carboxylic acid groups (broad SMARTS) is 1. The van der Waals surface area contributed by atoms with Gasteiger partial charge in [0, 0.05) is 0 Å². The summed E-state index contributed by atoms with van der Waals surface area (Å²) in [6, 6.07) is 6.54. The van der Waals surface area contributed by atoms with E-state index >= 15 is 0 Å². The van der Waals surface area contributed by atoms with Crippen LogP contribution in [0, 0.1) is 18.3 Å². The number of nitrogens with one attached hydrogen (secondary N) is 1. The number of sulfonamides is 1. The first-order chi connectivity index (χ1) is 8.29. The molecule has 96 valence electrons. The van der Waals surface area contributed by atoms with E-state index in [1.807, 2.05) is 6.07 Å². The number of nitrogens with zero attached hydrogens (tertiary/aromatic N) is 1. The van der Waals surface area contributed by atoms with Gasteiger partial charge in [-0.2, -0.15) is 5.26 Å². The number of anilines is 1. The lowest BCUT2D eigenvalue weighted by Crippen LogP contribution is -2.32. The van der Waals surface area contributed by atoms with Crippen molar-refractivity contribution in [2.75, 3.05) is 4.72 Å². The zero-order valence-electron chi connectivity index (χ0n) is 9.84. The fourth-order valence-electron chi connectivity index (χ4n) is 1.28. The summed E-state index contributed by atoms with van der Waals surface area (Å²) < 4.78 is 25.6. The van der Waals surface area contributed by atoms with Crippen LogP contribution in [-0.2, 0) is 14.8 Å². The highest BCUT2D eigenvalue weighted by Gasteiger charge is 2.28. The van der Waals surface area contributed by atoms with E-state index in [0.29, 0.717) is 5.56 Å². The molecule has 0 bridgehead atoms. The molecule has 0 aromatic heterocycles. The van der Waals surface area contributed by atoms with Crippen LogP contribution in [0.4, 0.5) is 5.69 Å². The van der Waals surface area contributed by atoms with Crippen molar-refractivity contribution in [1.82, 2.24) is 0 Å². The number of carboxylic acids is 1. The Labute approximate surface area is 105 Å². The first-order valence-electron chi connectivity index (χ1n) is 5.03. The van der Waals surface area contributed by atoms with E-state index in [-0.39, 0.29) is 11.3 Å². The highest BCUT2D eigenvalue weighted by Crippen LogP contribution is 2.20. The van der Waals surface area contributed by atoms with Gasteiger partial charge in [0.2, 0.25) is 10.0 Å². The summed E-state index contributed by atoms with van der Waals surface area (Å²) >= 11 is 0. The molecular weight excluding hydrogens is 256 g/mol. The number of aryl methyl sites for hydroxylation is 1. The summed E-state index contributed by atoms with van der Waals surface area (Å²) in [5, 5.41) is 16.0. The summed E-state index contributed by atoms with van der Waals surface area (Å²) in [4.78, 5) is 10.7. The third-order valence-electron chi connectivity index (χ3n) is 2.45. The third kappa shape index (κ3) is 2.78. The van der Waals surface area contributed by atoms with Crippen molar-refractivity contribution in [3.8, 4) is 6.07 Å². The first kappa shape index (κ1) is 14.0. The lowest BCUT2D eigenvalue weighted by atomic mass is 10.1. The number of rotatable bonds is 4. The maximum absolute atomic E-state index is 11.7. The van der Waals surface area contributed by atoms with Gasteiger partial charge in [0.15, 0.2) is 5.25 Å². The second kappa shape index (κ2) is 5.06. The van der Waals surface area contributed by atoms with Gasteiger partial charge >= 0.3 is 5.97 Å². The predicted octanol–water partition coefficient (Wildman–Crippen LogP) is 1.08. The number of benzene rings is 1. The topological polar surface area (TPSA) is 107 Å². The minimum atomic E-state index is -4.06. The molecule has 0 saturated carbocycles. The van der Waals surface area contributed by atoms with Gasteiger partial charge in [-0.3, -0.25) is 9.52 Å². The Hall–Kier alpha value is -2.07. The van der Waals surface area contributed by atoms with Gasteiger partial charge in [-0.25, -0.2) is 8.42 Å². The number of hydrogen-bond donors (Lipinski definition) is 2. The van der Waals surface area contributed by atoms with Crippen LogP contribution in [0.2, 0.25) is 0 Å². The molecule has 0 heterocycles. The molecule has 0 saturated heterocycles. The maximum Gasteiger partial charge on any atom is 0.323 e. The third-order valence-corrected chi connectivity index (χ3v) is 4.09. The summed E-state index contributed by atoms with van der Waals surface area (Å²) in [6.45, 7) is 2.73. The zero-order valence-corrected chi connectivity index (χ0v) is 10.7. The molecule has 1 unspecified atom stereocenters. The molecule has 18 heavy (non-hydrogen) atoms. The van der Waals surface area contributed by atoms with E-state index < -0.39 is 21.2 Å². The normalized spacial score (nSPS) is 12.5. The summed E-state index contributed by atoms with van der Waals surface area (Å²) in [5.74, 6) is -1.45. The van der Waals surface area contributed by atoms with Gasteiger partial charge in [0.05, 0.1) is 11.3 Å². The van der Waals surface area contributed by atoms with E-state index in [1.165, 1.54) is 6.07 Å². The molecule has 0 fully saturated rings. The summed E-state index contributed by atoms with van der Waals surface area (Å²) in [6.07, 6.45) is 0. The molecular formula is C11H12N2O4S. The van der Waals surface area contributed by atoms with Crippen LogP contribution in [0.3, 0.4) is 0 Å². The first-order valence-corrected chi connectivity index (χ1v) is 6.58. The van der Waals surface area contributed by atoms with Crippen LogP contribution < -0.4 is 4.72 Å². The average Bonchev–Trinajstić information content (AvgIpc) is 2.27. The molecule has 1 aromatic rings. The highest BCUT2D eigenvalue weighted by molar-refractivity contribution is 7.94. The lowest BCUT2D eigenvalue weighted by molar-refractivity contribution is -0.136. The van der Waals surface area contributed by atoms with E-state index in [4.69, 9.17) is 10.4 Å². The van der Waals surface area contributed by atoms with Crippen LogP contribution >= 0.6 is 0 Å². The van der Waals surface area contributed by atoms with Crippen LogP contribution in [0.5, 0.6) is 0 Å². The molecule has 7 heteroatoms. The number of carbonyl (C=O) groups is 1. The number of nitriles is 1. The molecule has 1 rings (SSSR count). The van der Waals surface area contributed by atoms with Crippen LogP contribution in [0.25, 0.3) is 0 Å². The fraction of sp³-hybridized carbons (Fsp3) is 0.273. The molecule has 0 spiro atoms. The van der Waals surface area contributed by atoms with Crippen LogP contribution in [0.15, 0.2) is 18.2 Å². The fourth-order valence-corrected chi connectivity index (χ4v) is 2.19. The quantitative estimate of drug-likeness (QED) is 0.849. The Morgan fingerprint density at radius 1 is 1.50 bits per heavy atom. The predicted molar refractivity (Wildman–Crippen MR) is 65.5 cm³/mol. The van der Waals surface area contributed by atoms with Crippen molar-refractivity contribution >= 4 is 21.7 Å². The van der Waals surface area contributed by atoms with E-state index in [2.05, 4.69) is 4.72 Å². The van der Waals surface area contributed by atoms with E-state index in [0.717, 1.165) is 6.92 Å². The molecule has 1 aromatic carbocycles. The average molecular weight is 268 g/mol. The van der Waals surface area contributed by atoms with Crippen molar-refractivity contribution in [1.29, 1.82) is 5.26 Å². The van der Waals surface area contributed by atoms with Crippen molar-refractivity contribution in [2.45, 2.75) is 19.1 Å². The van der Waals surface area contributed by atoms with Gasteiger partial charge in [-0.05, 0) is 25.5 Å². The van der Waals surface area contributed by atoms with Gasteiger partial charge in [-0.15, -0.1) is 0 Å². The molecule has 0 aliphatic rings. The van der Waals surface area contributed by atoms with Gasteiger partial charge in [0.1, 0.15) is 6.07 Å². The smallest absolute Gasteiger partial charge is 0.323 e. The van der Waals surface area contributed by atoms with Gasteiger partial charge in [-0.1, -0.05) is 12.1 Å². The molecule has 6 nitrogen and oxygen atoms in total. The van der Waals surface area contributed by atoms with Gasteiger partial charge < -0.3 is 5.11 Å². The van der Waals surface area contributed by atoms with Crippen LogP contribution in [0.1, 0.15) is 18.1 Å². The Kier molecular flexibility index (Phi) is 3.93. The highest BCUT2D eigenvalue weighted by atomic mass is 32.2. The van der Waals surface area contributed by atoms with E-state index in [9.17, 15) is 13.2 Å². The van der Waals surface area contributed by atoms with E-state index in [1.54, 1.807) is 19.1 Å². The summed E-state index contributed by atoms with van der Waals surface area (Å²) in [7, 11) is -4.06. The molecule has 2 N–H and O–H groups in total.